The lowest BCUT2D eigenvalue weighted by molar-refractivity contribution is 0.0524. The summed E-state index contributed by atoms with van der Waals surface area (Å²) < 4.78 is 8.50. The molecule has 1 atom stereocenters. The van der Waals surface area contributed by atoms with Gasteiger partial charge in [-0.05, 0) is 5.92 Å². The van der Waals surface area contributed by atoms with E-state index in [-0.39, 0.29) is 23.7 Å². The van der Waals surface area contributed by atoms with E-state index in [1.807, 2.05) is 35.0 Å². The maximum absolute atomic E-state index is 13.2. The van der Waals surface area contributed by atoms with Gasteiger partial charge in [0.1, 0.15) is 0 Å². The first kappa shape index (κ1) is 18.1. The van der Waals surface area contributed by atoms with E-state index in [4.69, 9.17) is 9.72 Å². The number of hydrogen-bond donors (Lipinski definition) is 0. The molecular weight excluding hydrogens is 358 g/mol. The van der Waals surface area contributed by atoms with Gasteiger partial charge in [-0.15, -0.1) is 5.10 Å². The zero-order valence-electron chi connectivity index (χ0n) is 16.4. The summed E-state index contributed by atoms with van der Waals surface area (Å²) in [4.78, 5) is 23.9. The molecule has 0 fully saturated rings. The van der Waals surface area contributed by atoms with Crippen molar-refractivity contribution in [2.24, 2.45) is 13.0 Å². The molecule has 0 N–H and O–H groups in total. The fourth-order valence-electron chi connectivity index (χ4n) is 3.58. The van der Waals surface area contributed by atoms with Crippen molar-refractivity contribution in [1.29, 1.82) is 0 Å². The molecule has 3 aromatic rings. The third-order valence-electron chi connectivity index (χ3n) is 4.87. The first-order valence-electron chi connectivity index (χ1n) is 9.25. The van der Waals surface area contributed by atoms with Gasteiger partial charge >= 0.3 is 6.01 Å². The number of nitrogens with zero attached hydrogens (tertiary/aromatic N) is 7. The molecule has 4 rings (SSSR count). The Hall–Kier alpha value is -3.23. The number of methoxy groups -OCH3 is 1. The summed E-state index contributed by atoms with van der Waals surface area (Å²) in [5.74, 6) is 1.51. The highest BCUT2D eigenvalue weighted by molar-refractivity contribution is 5.91. The molecule has 0 saturated carbocycles. The van der Waals surface area contributed by atoms with Crippen molar-refractivity contribution in [3.63, 3.8) is 0 Å². The Bertz CT molecular complexity index is 993. The van der Waals surface area contributed by atoms with Gasteiger partial charge in [-0.3, -0.25) is 4.79 Å². The second kappa shape index (κ2) is 7.06. The lowest BCUT2D eigenvalue weighted by Crippen LogP contribution is -2.45. The Labute approximate surface area is 163 Å². The number of hydrogen-bond acceptors (Lipinski definition) is 6. The maximum atomic E-state index is 13.2. The van der Waals surface area contributed by atoms with E-state index in [2.05, 4.69) is 29.0 Å². The van der Waals surface area contributed by atoms with Crippen LogP contribution in [0.2, 0.25) is 0 Å². The molecule has 0 aliphatic carbocycles. The molecule has 1 aromatic carbocycles. The van der Waals surface area contributed by atoms with Crippen LogP contribution >= 0.6 is 0 Å². The van der Waals surface area contributed by atoms with Gasteiger partial charge in [-0.25, -0.2) is 14.3 Å². The van der Waals surface area contributed by atoms with Crippen LogP contribution in [-0.4, -0.2) is 54.0 Å². The van der Waals surface area contributed by atoms with Gasteiger partial charge in [0.25, 0.3) is 5.91 Å². The zero-order valence-corrected chi connectivity index (χ0v) is 16.4. The van der Waals surface area contributed by atoms with E-state index >= 15 is 0 Å². The minimum absolute atomic E-state index is 0.126. The number of carbonyl (C=O) groups is 1. The molecule has 28 heavy (non-hydrogen) atoms. The van der Waals surface area contributed by atoms with E-state index in [0.29, 0.717) is 24.9 Å². The summed E-state index contributed by atoms with van der Waals surface area (Å²) in [5, 5.41) is 8.87. The second-order valence-corrected chi connectivity index (χ2v) is 7.12. The van der Waals surface area contributed by atoms with Gasteiger partial charge in [0.2, 0.25) is 5.82 Å². The van der Waals surface area contributed by atoms with Crippen molar-refractivity contribution in [3.05, 3.63) is 42.0 Å². The average molecular weight is 381 g/mol. The van der Waals surface area contributed by atoms with Gasteiger partial charge in [-0.2, -0.15) is 10.1 Å². The van der Waals surface area contributed by atoms with Crippen LogP contribution in [0.4, 0.5) is 0 Å². The molecule has 3 heterocycles. The normalized spacial score (nSPS) is 16.3. The molecular formula is C19H23N7O2. The van der Waals surface area contributed by atoms with Crippen molar-refractivity contribution < 1.29 is 9.53 Å². The molecule has 0 bridgehead atoms. The van der Waals surface area contributed by atoms with E-state index < -0.39 is 0 Å². The van der Waals surface area contributed by atoms with Crippen LogP contribution in [0.25, 0.3) is 11.4 Å². The fraction of sp³-hybridized carbons (Fsp3) is 0.421. The lowest BCUT2D eigenvalue weighted by atomic mass is 9.99. The SMILES string of the molecule is COc1nc(C(=O)N2CCn3nc(-c4ccccc4)nc3[C@@H]2C(C)C)nn1C. The van der Waals surface area contributed by atoms with Crippen LogP contribution in [0.1, 0.15) is 36.3 Å². The topological polar surface area (TPSA) is 91.0 Å². The highest BCUT2D eigenvalue weighted by Gasteiger charge is 2.37. The molecule has 1 aliphatic rings. The molecule has 9 heteroatoms. The van der Waals surface area contributed by atoms with Crippen LogP contribution in [0.5, 0.6) is 6.01 Å². The predicted molar refractivity (Wildman–Crippen MR) is 102 cm³/mol. The Kier molecular flexibility index (Phi) is 4.58. The minimum atomic E-state index is -0.229. The van der Waals surface area contributed by atoms with Gasteiger partial charge < -0.3 is 9.64 Å². The first-order valence-corrected chi connectivity index (χ1v) is 9.25. The Morgan fingerprint density at radius 1 is 1.14 bits per heavy atom. The highest BCUT2D eigenvalue weighted by atomic mass is 16.5. The van der Waals surface area contributed by atoms with Crippen LogP contribution in [0.3, 0.4) is 0 Å². The smallest absolute Gasteiger partial charge is 0.314 e. The van der Waals surface area contributed by atoms with Gasteiger partial charge in [0.05, 0.1) is 19.7 Å². The number of aryl methyl sites for hydroxylation is 1. The predicted octanol–water partition coefficient (Wildman–Crippen LogP) is 1.94. The van der Waals surface area contributed by atoms with E-state index in [0.717, 1.165) is 11.4 Å². The Morgan fingerprint density at radius 3 is 2.54 bits per heavy atom. The minimum Gasteiger partial charge on any atom is -0.467 e. The van der Waals surface area contributed by atoms with Gasteiger partial charge in [-0.1, -0.05) is 44.2 Å². The molecule has 0 saturated heterocycles. The van der Waals surface area contributed by atoms with Crippen molar-refractivity contribution in [2.75, 3.05) is 13.7 Å². The molecule has 1 amide bonds. The molecule has 146 valence electrons. The molecule has 2 aromatic heterocycles. The third kappa shape index (κ3) is 3.02. The average Bonchev–Trinajstić information content (AvgIpc) is 3.30. The number of ether oxygens (including phenoxy) is 1. The Morgan fingerprint density at radius 2 is 1.89 bits per heavy atom. The van der Waals surface area contributed by atoms with E-state index in [1.165, 1.54) is 11.8 Å². The molecule has 1 aliphatic heterocycles. The van der Waals surface area contributed by atoms with Gasteiger partial charge in [0.15, 0.2) is 11.6 Å². The van der Waals surface area contributed by atoms with Crippen molar-refractivity contribution in [3.8, 4) is 17.4 Å². The van der Waals surface area contributed by atoms with Crippen LogP contribution in [0, 0.1) is 5.92 Å². The molecule has 0 unspecified atom stereocenters. The molecule has 0 radical (unpaired) electrons. The lowest BCUT2D eigenvalue weighted by Gasteiger charge is -2.36. The highest BCUT2D eigenvalue weighted by Crippen LogP contribution is 2.33. The zero-order chi connectivity index (χ0) is 19.8. The third-order valence-corrected chi connectivity index (χ3v) is 4.87. The Balaban J connectivity index is 1.70. The van der Waals surface area contributed by atoms with Crippen LogP contribution < -0.4 is 4.74 Å². The van der Waals surface area contributed by atoms with Crippen LogP contribution in [-0.2, 0) is 13.6 Å². The summed E-state index contributed by atoms with van der Waals surface area (Å²) in [6.45, 7) is 5.24. The quantitative estimate of drug-likeness (QED) is 0.686. The second-order valence-electron chi connectivity index (χ2n) is 7.12. The van der Waals surface area contributed by atoms with Crippen molar-refractivity contribution >= 4 is 5.91 Å². The maximum Gasteiger partial charge on any atom is 0.314 e. The molecule has 9 nitrogen and oxygen atoms in total. The summed E-state index contributed by atoms with van der Waals surface area (Å²) in [7, 11) is 3.20. The largest absolute Gasteiger partial charge is 0.467 e. The van der Waals surface area contributed by atoms with Crippen LogP contribution in [0.15, 0.2) is 30.3 Å². The number of fused-ring (bicyclic) bond motifs is 1. The summed E-state index contributed by atoms with van der Waals surface area (Å²) in [6, 6.07) is 9.95. The van der Waals surface area contributed by atoms with Gasteiger partial charge in [0, 0.05) is 19.2 Å². The van der Waals surface area contributed by atoms with E-state index in [9.17, 15) is 4.79 Å². The summed E-state index contributed by atoms with van der Waals surface area (Å²) in [5.41, 5.74) is 0.959. The number of benzene rings is 1. The van der Waals surface area contributed by atoms with Crippen molar-refractivity contribution in [1.82, 2.24) is 34.4 Å². The van der Waals surface area contributed by atoms with E-state index in [1.54, 1.807) is 11.9 Å². The fourth-order valence-corrected chi connectivity index (χ4v) is 3.58. The summed E-state index contributed by atoms with van der Waals surface area (Å²) in [6.07, 6.45) is 0. The number of rotatable bonds is 4. The monoisotopic (exact) mass is 381 g/mol. The molecule has 0 spiro atoms. The number of aromatic nitrogens is 6. The van der Waals surface area contributed by atoms with Crippen molar-refractivity contribution in [2.45, 2.75) is 26.4 Å². The first-order chi connectivity index (χ1) is 13.5. The summed E-state index contributed by atoms with van der Waals surface area (Å²) >= 11 is 0. The number of carbonyl (C=O) groups excluding carboxylic acids is 1. The standard InChI is InChI=1S/C19H23N7O2/c1-12(2)14-17-20-15(13-8-6-5-7-9-13)23-26(17)11-10-25(14)18(27)16-21-19(28-4)24(3)22-16/h5-9,12,14H,10-11H2,1-4H3/t14-/m0/s1. The number of amides is 1.